The monoisotopic (exact) mass is 130 g/mol. The summed E-state index contributed by atoms with van der Waals surface area (Å²) in [7, 11) is 1.55. The Morgan fingerprint density at radius 3 is 1.89 bits per heavy atom. The van der Waals surface area contributed by atoms with Crippen LogP contribution in [0.1, 0.15) is 20.8 Å². The van der Waals surface area contributed by atoms with Crippen LogP contribution in [0.2, 0.25) is 0 Å². The fourth-order valence-corrected chi connectivity index (χ4v) is 0.586. The van der Waals surface area contributed by atoms with E-state index in [-0.39, 0.29) is 17.8 Å². The van der Waals surface area contributed by atoms with E-state index < -0.39 is 0 Å². The summed E-state index contributed by atoms with van der Waals surface area (Å²) in [6.45, 7) is 5.51. The molecule has 0 aromatic rings. The number of ether oxygens (including phenoxy) is 1. The van der Waals surface area contributed by atoms with E-state index in [0.29, 0.717) is 0 Å². The Morgan fingerprint density at radius 1 is 1.33 bits per heavy atom. The third-order valence-corrected chi connectivity index (χ3v) is 1.32. The van der Waals surface area contributed by atoms with Gasteiger partial charge in [-0.1, -0.05) is 13.8 Å². The van der Waals surface area contributed by atoms with Crippen molar-refractivity contribution in [3.8, 4) is 0 Å². The van der Waals surface area contributed by atoms with E-state index in [1.807, 2.05) is 13.8 Å². The first-order valence-electron chi connectivity index (χ1n) is 3.16. The number of hydrogen-bond acceptors (Lipinski definition) is 2. The topological polar surface area (TPSA) is 26.3 Å². The molecule has 0 aliphatic heterocycles. The molecule has 0 amide bonds. The molecule has 0 rings (SSSR count). The van der Waals surface area contributed by atoms with Gasteiger partial charge in [0, 0.05) is 13.0 Å². The van der Waals surface area contributed by atoms with E-state index in [1.54, 1.807) is 14.0 Å². The number of carbonyl (C=O) groups is 1. The van der Waals surface area contributed by atoms with Crippen molar-refractivity contribution in [1.82, 2.24) is 0 Å². The minimum absolute atomic E-state index is 0.0833. The smallest absolute Gasteiger partial charge is 0.163 e. The third-order valence-electron chi connectivity index (χ3n) is 1.32. The van der Waals surface area contributed by atoms with Gasteiger partial charge in [0.15, 0.2) is 5.78 Å². The molecule has 0 radical (unpaired) electrons. The lowest BCUT2D eigenvalue weighted by molar-refractivity contribution is -0.130. The van der Waals surface area contributed by atoms with Crippen LogP contribution in [-0.4, -0.2) is 19.0 Å². The van der Waals surface area contributed by atoms with Gasteiger partial charge in [0.1, 0.15) is 6.10 Å². The fourth-order valence-electron chi connectivity index (χ4n) is 0.586. The lowest BCUT2D eigenvalue weighted by Crippen LogP contribution is -2.23. The van der Waals surface area contributed by atoms with Crippen LogP contribution in [0.4, 0.5) is 0 Å². The summed E-state index contributed by atoms with van der Waals surface area (Å²) in [4.78, 5) is 10.9. The van der Waals surface area contributed by atoms with E-state index in [2.05, 4.69) is 0 Å². The average Bonchev–Trinajstić information content (AvgIpc) is 1.84. The zero-order valence-corrected chi connectivity index (χ0v) is 6.47. The molecule has 0 unspecified atom stereocenters. The van der Waals surface area contributed by atoms with Gasteiger partial charge < -0.3 is 4.74 Å². The zero-order chi connectivity index (χ0) is 7.44. The summed E-state index contributed by atoms with van der Waals surface area (Å²) in [5.41, 5.74) is 0. The number of Topliss-reactive ketones (excluding diaryl/α,β-unsaturated/α-hetero) is 1. The Hall–Kier alpha value is -0.370. The molecule has 0 aromatic heterocycles. The molecule has 2 nitrogen and oxygen atoms in total. The summed E-state index contributed by atoms with van der Waals surface area (Å²) >= 11 is 0. The molecule has 0 heterocycles. The summed E-state index contributed by atoms with van der Waals surface area (Å²) in [5, 5.41) is 0. The van der Waals surface area contributed by atoms with Gasteiger partial charge >= 0.3 is 0 Å². The third kappa shape index (κ3) is 2.61. The van der Waals surface area contributed by atoms with Gasteiger partial charge in [0.2, 0.25) is 0 Å². The predicted molar refractivity (Wildman–Crippen MR) is 36.3 cm³/mol. The zero-order valence-electron chi connectivity index (χ0n) is 6.47. The van der Waals surface area contributed by atoms with Gasteiger partial charge in [-0.05, 0) is 6.92 Å². The van der Waals surface area contributed by atoms with Gasteiger partial charge in [-0.3, -0.25) is 4.79 Å². The number of rotatable bonds is 3. The Kier molecular flexibility index (Phi) is 3.47. The minimum atomic E-state index is -0.245. The van der Waals surface area contributed by atoms with Crippen LogP contribution < -0.4 is 0 Å². The van der Waals surface area contributed by atoms with Crippen molar-refractivity contribution in [2.75, 3.05) is 7.11 Å². The summed E-state index contributed by atoms with van der Waals surface area (Å²) in [6, 6.07) is 0. The molecule has 0 saturated carbocycles. The predicted octanol–water partition coefficient (Wildman–Crippen LogP) is 1.25. The molecule has 54 valence electrons. The second-order valence-corrected chi connectivity index (χ2v) is 2.44. The van der Waals surface area contributed by atoms with Gasteiger partial charge in [-0.25, -0.2) is 0 Å². The Labute approximate surface area is 56.2 Å². The van der Waals surface area contributed by atoms with Crippen LogP contribution in [0, 0.1) is 5.92 Å². The first kappa shape index (κ1) is 8.63. The van der Waals surface area contributed by atoms with Crippen molar-refractivity contribution in [2.24, 2.45) is 5.92 Å². The first-order chi connectivity index (χ1) is 4.09. The van der Waals surface area contributed by atoms with Crippen molar-refractivity contribution in [1.29, 1.82) is 0 Å². The molecular weight excluding hydrogens is 116 g/mol. The Balaban J connectivity index is 3.73. The van der Waals surface area contributed by atoms with Crippen LogP contribution in [0.5, 0.6) is 0 Å². The molecule has 0 N–H and O–H groups in total. The van der Waals surface area contributed by atoms with Gasteiger partial charge in [0.25, 0.3) is 0 Å². The van der Waals surface area contributed by atoms with Crippen LogP contribution >= 0.6 is 0 Å². The van der Waals surface area contributed by atoms with E-state index in [9.17, 15) is 4.79 Å². The van der Waals surface area contributed by atoms with Crippen molar-refractivity contribution in [3.05, 3.63) is 0 Å². The standard InChI is InChI=1S/C7H14O2/c1-5(2)7(8)6(3)9-4/h5-6H,1-4H3/t6-/m1/s1. The Morgan fingerprint density at radius 2 is 1.78 bits per heavy atom. The molecular formula is C7H14O2. The molecule has 0 spiro atoms. The summed E-state index contributed by atoms with van der Waals surface area (Å²) < 4.78 is 4.82. The van der Waals surface area contributed by atoms with Gasteiger partial charge in [0.05, 0.1) is 0 Å². The van der Waals surface area contributed by atoms with Crippen LogP contribution in [0.3, 0.4) is 0 Å². The molecule has 0 aromatic carbocycles. The summed E-state index contributed by atoms with van der Waals surface area (Å²) in [6.07, 6.45) is -0.245. The quantitative estimate of drug-likeness (QED) is 0.574. The van der Waals surface area contributed by atoms with Gasteiger partial charge in [-0.2, -0.15) is 0 Å². The molecule has 0 aliphatic rings. The second-order valence-electron chi connectivity index (χ2n) is 2.44. The number of carbonyl (C=O) groups excluding carboxylic acids is 1. The maximum atomic E-state index is 10.9. The van der Waals surface area contributed by atoms with E-state index in [4.69, 9.17) is 4.74 Å². The van der Waals surface area contributed by atoms with Crippen molar-refractivity contribution >= 4 is 5.78 Å². The molecule has 0 fully saturated rings. The van der Waals surface area contributed by atoms with Crippen molar-refractivity contribution in [2.45, 2.75) is 26.9 Å². The highest BCUT2D eigenvalue weighted by Crippen LogP contribution is 2.00. The average molecular weight is 130 g/mol. The van der Waals surface area contributed by atoms with E-state index in [1.165, 1.54) is 0 Å². The highest BCUT2D eigenvalue weighted by atomic mass is 16.5. The number of methoxy groups -OCH3 is 1. The maximum absolute atomic E-state index is 10.9. The minimum Gasteiger partial charge on any atom is -0.374 e. The van der Waals surface area contributed by atoms with Crippen LogP contribution in [0.15, 0.2) is 0 Å². The highest BCUT2D eigenvalue weighted by Gasteiger charge is 2.14. The molecule has 9 heavy (non-hydrogen) atoms. The lowest BCUT2D eigenvalue weighted by Gasteiger charge is -2.09. The highest BCUT2D eigenvalue weighted by molar-refractivity contribution is 5.84. The van der Waals surface area contributed by atoms with E-state index in [0.717, 1.165) is 0 Å². The molecule has 0 saturated heterocycles. The molecule has 1 atom stereocenters. The largest absolute Gasteiger partial charge is 0.374 e. The van der Waals surface area contributed by atoms with Crippen LogP contribution in [0.25, 0.3) is 0 Å². The normalized spacial score (nSPS) is 13.9. The number of ketones is 1. The molecule has 2 heteroatoms. The molecule has 0 bridgehead atoms. The lowest BCUT2D eigenvalue weighted by atomic mass is 10.1. The van der Waals surface area contributed by atoms with Crippen LogP contribution in [-0.2, 0) is 9.53 Å². The van der Waals surface area contributed by atoms with Crippen molar-refractivity contribution in [3.63, 3.8) is 0 Å². The van der Waals surface area contributed by atoms with Crippen molar-refractivity contribution < 1.29 is 9.53 Å². The first-order valence-corrected chi connectivity index (χ1v) is 3.16. The van der Waals surface area contributed by atoms with Gasteiger partial charge in [-0.15, -0.1) is 0 Å². The fraction of sp³-hybridized carbons (Fsp3) is 0.857. The second kappa shape index (κ2) is 3.62. The summed E-state index contributed by atoms with van der Waals surface area (Å²) in [5.74, 6) is 0.248. The Bertz CT molecular complexity index is 97.1. The number of hydrogen-bond donors (Lipinski definition) is 0. The molecule has 0 aliphatic carbocycles. The van der Waals surface area contributed by atoms with E-state index >= 15 is 0 Å². The maximum Gasteiger partial charge on any atom is 0.163 e. The SMILES string of the molecule is CO[C@H](C)C(=O)C(C)C.